The van der Waals surface area contributed by atoms with Crippen LogP contribution in [0.3, 0.4) is 0 Å². The SMILES string of the molecule is C=CCN(C(=O)C(CCSC)NC(=O)OC(C)(C)C)C(C(=O)Nc1ccc(OC)cc1)c1cc(C)cc(C)c1. The van der Waals surface area contributed by atoms with E-state index >= 15 is 0 Å². The second kappa shape index (κ2) is 14.6. The van der Waals surface area contributed by atoms with Crippen molar-refractivity contribution < 1.29 is 23.9 Å². The number of thioether (sulfide) groups is 1. The van der Waals surface area contributed by atoms with Gasteiger partial charge in [0.1, 0.15) is 23.4 Å². The Kier molecular flexibility index (Phi) is 11.9. The van der Waals surface area contributed by atoms with Crippen LogP contribution < -0.4 is 15.4 Å². The Hall–Kier alpha value is -3.46. The van der Waals surface area contributed by atoms with Crippen molar-refractivity contribution in [2.24, 2.45) is 0 Å². The molecule has 3 amide bonds. The molecule has 39 heavy (non-hydrogen) atoms. The summed E-state index contributed by atoms with van der Waals surface area (Å²) in [4.78, 5) is 42.1. The molecule has 0 spiro atoms. The van der Waals surface area contributed by atoms with E-state index in [1.807, 2.05) is 38.3 Å². The third kappa shape index (κ3) is 9.98. The number of nitrogens with zero attached hydrogens (tertiary/aromatic N) is 1. The van der Waals surface area contributed by atoms with Gasteiger partial charge in [-0.3, -0.25) is 9.59 Å². The summed E-state index contributed by atoms with van der Waals surface area (Å²) in [5, 5.41) is 5.67. The minimum absolute atomic E-state index is 0.0955. The maximum absolute atomic E-state index is 14.1. The average molecular weight is 556 g/mol. The molecule has 0 saturated heterocycles. The smallest absolute Gasteiger partial charge is 0.408 e. The second-order valence-corrected chi connectivity index (χ2v) is 11.3. The minimum atomic E-state index is -0.978. The van der Waals surface area contributed by atoms with Crippen LogP contribution in [0.25, 0.3) is 0 Å². The number of hydrogen-bond donors (Lipinski definition) is 2. The number of carbonyl (C=O) groups excluding carboxylic acids is 3. The van der Waals surface area contributed by atoms with Gasteiger partial charge in [0.2, 0.25) is 5.91 Å². The number of carbonyl (C=O) groups is 3. The first kappa shape index (κ1) is 31.8. The van der Waals surface area contributed by atoms with Crippen molar-refractivity contribution in [1.82, 2.24) is 10.2 Å². The number of alkyl carbamates (subject to hydrolysis) is 1. The average Bonchev–Trinajstić information content (AvgIpc) is 2.84. The normalized spacial score (nSPS) is 12.6. The zero-order valence-electron chi connectivity index (χ0n) is 24.0. The molecule has 2 N–H and O–H groups in total. The summed E-state index contributed by atoms with van der Waals surface area (Å²) < 4.78 is 10.6. The van der Waals surface area contributed by atoms with Gasteiger partial charge in [0.05, 0.1) is 7.11 Å². The van der Waals surface area contributed by atoms with Crippen molar-refractivity contribution in [3.63, 3.8) is 0 Å². The fraction of sp³-hybridized carbons (Fsp3) is 0.433. The van der Waals surface area contributed by atoms with E-state index in [1.165, 1.54) is 4.90 Å². The minimum Gasteiger partial charge on any atom is -0.497 e. The zero-order chi connectivity index (χ0) is 29.2. The van der Waals surface area contributed by atoms with E-state index in [0.29, 0.717) is 29.2 Å². The highest BCUT2D eigenvalue weighted by molar-refractivity contribution is 7.98. The molecule has 212 valence electrons. The largest absolute Gasteiger partial charge is 0.497 e. The number of aryl methyl sites for hydroxylation is 2. The van der Waals surface area contributed by atoms with Crippen molar-refractivity contribution in [3.05, 3.63) is 71.8 Å². The number of amides is 3. The van der Waals surface area contributed by atoms with Gasteiger partial charge in [-0.2, -0.15) is 11.8 Å². The molecule has 2 atom stereocenters. The molecule has 0 fully saturated rings. The fourth-order valence-corrected chi connectivity index (χ4v) is 4.60. The van der Waals surface area contributed by atoms with E-state index in [9.17, 15) is 14.4 Å². The molecular formula is C30H41N3O5S. The molecule has 0 aliphatic carbocycles. The molecule has 0 bridgehead atoms. The number of hydrogen-bond acceptors (Lipinski definition) is 6. The van der Waals surface area contributed by atoms with Crippen molar-refractivity contribution in [2.75, 3.05) is 31.0 Å². The van der Waals surface area contributed by atoms with Crippen LogP contribution in [-0.4, -0.2) is 60.1 Å². The van der Waals surface area contributed by atoms with Gasteiger partial charge in [-0.1, -0.05) is 35.4 Å². The summed E-state index contributed by atoms with van der Waals surface area (Å²) in [6, 6.07) is 10.9. The van der Waals surface area contributed by atoms with Crippen LogP contribution in [0, 0.1) is 13.8 Å². The van der Waals surface area contributed by atoms with Crippen LogP contribution >= 0.6 is 11.8 Å². The third-order valence-corrected chi connectivity index (χ3v) is 6.33. The lowest BCUT2D eigenvalue weighted by Gasteiger charge is -2.34. The van der Waals surface area contributed by atoms with Crippen molar-refractivity contribution >= 4 is 35.4 Å². The van der Waals surface area contributed by atoms with E-state index in [4.69, 9.17) is 9.47 Å². The Morgan fingerprint density at radius 2 is 1.69 bits per heavy atom. The first-order chi connectivity index (χ1) is 18.4. The van der Waals surface area contributed by atoms with E-state index < -0.39 is 29.7 Å². The molecule has 0 aromatic heterocycles. The fourth-order valence-electron chi connectivity index (χ4n) is 4.13. The molecule has 2 aromatic carbocycles. The Balaban J connectivity index is 2.52. The Morgan fingerprint density at radius 1 is 1.08 bits per heavy atom. The molecule has 9 heteroatoms. The lowest BCUT2D eigenvalue weighted by atomic mass is 9.98. The Morgan fingerprint density at radius 3 is 2.21 bits per heavy atom. The van der Waals surface area contributed by atoms with Gasteiger partial charge in [-0.15, -0.1) is 6.58 Å². The second-order valence-electron chi connectivity index (χ2n) is 10.3. The highest BCUT2D eigenvalue weighted by Crippen LogP contribution is 2.27. The number of methoxy groups -OCH3 is 1. The topological polar surface area (TPSA) is 97.0 Å². The number of nitrogens with one attached hydrogen (secondary N) is 2. The summed E-state index contributed by atoms with van der Waals surface area (Å²) in [5.41, 5.74) is 2.42. The quantitative estimate of drug-likeness (QED) is 0.329. The van der Waals surface area contributed by atoms with E-state index in [2.05, 4.69) is 17.2 Å². The molecule has 2 aromatic rings. The summed E-state index contributed by atoms with van der Waals surface area (Å²) in [7, 11) is 1.57. The summed E-state index contributed by atoms with van der Waals surface area (Å²) >= 11 is 1.56. The van der Waals surface area contributed by atoms with E-state index in [0.717, 1.165) is 11.1 Å². The van der Waals surface area contributed by atoms with Gasteiger partial charge in [0, 0.05) is 12.2 Å². The molecule has 8 nitrogen and oxygen atoms in total. The molecular weight excluding hydrogens is 514 g/mol. The predicted octanol–water partition coefficient (Wildman–Crippen LogP) is 5.65. The molecule has 2 rings (SSSR count). The Bertz CT molecular complexity index is 1120. The molecule has 0 aliphatic heterocycles. The number of anilines is 1. The predicted molar refractivity (Wildman–Crippen MR) is 158 cm³/mol. The van der Waals surface area contributed by atoms with Gasteiger partial charge >= 0.3 is 6.09 Å². The van der Waals surface area contributed by atoms with E-state index in [1.54, 1.807) is 70.0 Å². The van der Waals surface area contributed by atoms with Crippen molar-refractivity contribution in [3.8, 4) is 5.75 Å². The van der Waals surface area contributed by atoms with Crippen LogP contribution in [0.1, 0.15) is 49.9 Å². The van der Waals surface area contributed by atoms with Crippen molar-refractivity contribution in [1.29, 1.82) is 0 Å². The highest BCUT2D eigenvalue weighted by atomic mass is 32.2. The van der Waals surface area contributed by atoms with Gasteiger partial charge in [-0.25, -0.2) is 4.79 Å². The van der Waals surface area contributed by atoms with Gasteiger partial charge < -0.3 is 25.0 Å². The molecule has 0 heterocycles. The van der Waals surface area contributed by atoms with E-state index in [-0.39, 0.29) is 12.5 Å². The number of benzene rings is 2. The molecule has 0 aliphatic rings. The lowest BCUT2D eigenvalue weighted by Crippen LogP contribution is -2.52. The maximum Gasteiger partial charge on any atom is 0.408 e. The molecule has 2 unspecified atom stereocenters. The summed E-state index contributed by atoms with van der Waals surface area (Å²) in [6.07, 6.45) is 3.18. The van der Waals surface area contributed by atoms with Gasteiger partial charge in [0.25, 0.3) is 5.91 Å². The lowest BCUT2D eigenvalue weighted by molar-refractivity contribution is -0.140. The first-order valence-electron chi connectivity index (χ1n) is 12.8. The van der Waals surface area contributed by atoms with Crippen LogP contribution in [0.15, 0.2) is 55.1 Å². The Labute approximate surface area is 236 Å². The highest BCUT2D eigenvalue weighted by Gasteiger charge is 2.36. The monoisotopic (exact) mass is 555 g/mol. The zero-order valence-corrected chi connectivity index (χ0v) is 24.8. The van der Waals surface area contributed by atoms with Gasteiger partial charge in [-0.05, 0) is 82.9 Å². The van der Waals surface area contributed by atoms with Crippen LogP contribution in [-0.2, 0) is 14.3 Å². The van der Waals surface area contributed by atoms with Gasteiger partial charge in [0.15, 0.2) is 0 Å². The van der Waals surface area contributed by atoms with Crippen LogP contribution in [0.5, 0.6) is 5.75 Å². The number of rotatable bonds is 12. The first-order valence-corrected chi connectivity index (χ1v) is 14.2. The summed E-state index contributed by atoms with van der Waals surface area (Å²) in [5.74, 6) is 0.498. The third-order valence-electron chi connectivity index (χ3n) is 5.69. The van der Waals surface area contributed by atoms with Crippen LogP contribution in [0.2, 0.25) is 0 Å². The van der Waals surface area contributed by atoms with Crippen LogP contribution in [0.4, 0.5) is 10.5 Å². The molecule has 0 radical (unpaired) electrons. The van der Waals surface area contributed by atoms with Crippen molar-refractivity contribution in [2.45, 2.75) is 58.7 Å². The summed E-state index contributed by atoms with van der Waals surface area (Å²) in [6.45, 7) is 13.1. The standard InChI is InChI=1S/C30H41N3O5S/c1-9-15-33(28(35)25(14-16-39-8)32-29(36)38-30(4,5)6)26(22-18-20(2)17-21(3)19-22)27(34)31-23-10-12-24(37-7)13-11-23/h9-13,17-19,25-26H,1,14-16H2,2-8H3,(H,31,34)(H,32,36). The number of ether oxygens (including phenoxy) is 2. The molecule has 0 saturated carbocycles. The maximum atomic E-state index is 14.1.